The van der Waals surface area contributed by atoms with E-state index < -0.39 is 0 Å². The smallest absolute Gasteiger partial charge is 0.146 e. The van der Waals surface area contributed by atoms with Crippen molar-refractivity contribution in [2.75, 3.05) is 31.1 Å². The molecule has 0 amide bonds. The number of halogens is 1. The monoisotopic (exact) mass is 252 g/mol. The Kier molecular flexibility index (Phi) is 3.88. The second-order valence-corrected chi connectivity index (χ2v) is 5.76. The molecule has 1 atom stereocenters. The largest absolute Gasteiger partial charge is 0.395 e. The molecule has 0 radical (unpaired) electrons. The van der Waals surface area contributed by atoms with Crippen molar-refractivity contribution in [2.24, 2.45) is 5.41 Å². The van der Waals surface area contributed by atoms with Gasteiger partial charge in [0, 0.05) is 25.7 Å². The van der Waals surface area contributed by atoms with Gasteiger partial charge in [-0.1, -0.05) is 26.0 Å². The summed E-state index contributed by atoms with van der Waals surface area (Å²) in [5.74, 6) is -0.202. The number of hydrogen-bond acceptors (Lipinski definition) is 3. The third kappa shape index (κ3) is 3.00. The van der Waals surface area contributed by atoms with Gasteiger partial charge in [0.15, 0.2) is 0 Å². The van der Waals surface area contributed by atoms with Gasteiger partial charge >= 0.3 is 0 Å². The molecule has 100 valence electrons. The van der Waals surface area contributed by atoms with E-state index in [0.29, 0.717) is 12.2 Å². The summed E-state index contributed by atoms with van der Waals surface area (Å²) >= 11 is 0. The van der Waals surface area contributed by atoms with Crippen molar-refractivity contribution in [1.29, 1.82) is 0 Å². The summed E-state index contributed by atoms with van der Waals surface area (Å²) in [5, 5.41) is 12.7. The molecule has 2 N–H and O–H groups in total. The number of hydrogen-bond donors (Lipinski definition) is 2. The first-order valence-electron chi connectivity index (χ1n) is 6.35. The minimum atomic E-state index is -0.202. The fourth-order valence-corrected chi connectivity index (χ4v) is 2.40. The van der Waals surface area contributed by atoms with E-state index in [1.54, 1.807) is 12.1 Å². The number of aliphatic hydroxyl groups is 1. The molecule has 1 aliphatic heterocycles. The predicted octanol–water partition coefficient (Wildman–Crippen LogP) is 1.62. The van der Waals surface area contributed by atoms with Gasteiger partial charge in [0.05, 0.1) is 12.3 Å². The van der Waals surface area contributed by atoms with Crippen molar-refractivity contribution in [1.82, 2.24) is 5.32 Å². The van der Waals surface area contributed by atoms with E-state index >= 15 is 0 Å². The summed E-state index contributed by atoms with van der Waals surface area (Å²) in [7, 11) is 0. The van der Waals surface area contributed by atoms with Crippen LogP contribution in [-0.4, -0.2) is 37.4 Å². The van der Waals surface area contributed by atoms with Crippen LogP contribution in [0, 0.1) is 11.2 Å². The number of anilines is 1. The Balaban J connectivity index is 2.26. The highest BCUT2D eigenvalue weighted by atomic mass is 19.1. The van der Waals surface area contributed by atoms with Gasteiger partial charge in [-0.25, -0.2) is 4.39 Å². The van der Waals surface area contributed by atoms with Crippen LogP contribution in [0.2, 0.25) is 0 Å². The highest BCUT2D eigenvalue weighted by Gasteiger charge is 2.29. The van der Waals surface area contributed by atoms with E-state index in [1.807, 2.05) is 11.0 Å². The predicted molar refractivity (Wildman–Crippen MR) is 71.3 cm³/mol. The highest BCUT2D eigenvalue weighted by Crippen LogP contribution is 2.26. The Morgan fingerprint density at radius 3 is 2.83 bits per heavy atom. The van der Waals surface area contributed by atoms with Crippen LogP contribution in [0.4, 0.5) is 10.1 Å². The minimum Gasteiger partial charge on any atom is -0.395 e. The molecule has 1 aromatic carbocycles. The lowest BCUT2D eigenvalue weighted by atomic mass is 9.93. The lowest BCUT2D eigenvalue weighted by Crippen LogP contribution is -2.40. The molecule has 4 heteroatoms. The van der Waals surface area contributed by atoms with Crippen LogP contribution >= 0.6 is 0 Å². The molecule has 1 saturated heterocycles. The van der Waals surface area contributed by atoms with Crippen molar-refractivity contribution < 1.29 is 9.50 Å². The molecule has 0 spiro atoms. The second-order valence-electron chi connectivity index (χ2n) is 5.76. The SMILES string of the molecule is CC1(C)CNC(CO)CN(c2ccccc2F)C1. The lowest BCUT2D eigenvalue weighted by Gasteiger charge is -2.31. The Labute approximate surface area is 108 Å². The van der Waals surface area contributed by atoms with Gasteiger partial charge < -0.3 is 15.3 Å². The number of nitrogens with zero attached hydrogens (tertiary/aromatic N) is 1. The summed E-state index contributed by atoms with van der Waals surface area (Å²) < 4.78 is 13.9. The standard InChI is InChI=1S/C14H21FN2O/c1-14(2)9-16-11(8-18)7-17(10-14)13-6-4-3-5-12(13)15/h3-6,11,16,18H,7-10H2,1-2H3. The van der Waals surface area contributed by atoms with Crippen molar-refractivity contribution in [3.8, 4) is 0 Å². The number of benzene rings is 1. The van der Waals surface area contributed by atoms with Crippen LogP contribution < -0.4 is 10.2 Å². The number of rotatable bonds is 2. The Morgan fingerprint density at radius 1 is 1.44 bits per heavy atom. The first kappa shape index (κ1) is 13.3. The molecule has 0 aliphatic carbocycles. The van der Waals surface area contributed by atoms with Crippen LogP contribution in [0.5, 0.6) is 0 Å². The fraction of sp³-hybridized carbons (Fsp3) is 0.571. The molecule has 0 saturated carbocycles. The zero-order chi connectivity index (χ0) is 13.2. The zero-order valence-electron chi connectivity index (χ0n) is 11.0. The van der Waals surface area contributed by atoms with Crippen LogP contribution in [-0.2, 0) is 0 Å². The summed E-state index contributed by atoms with van der Waals surface area (Å²) in [4.78, 5) is 2.02. The van der Waals surface area contributed by atoms with Crippen LogP contribution in [0.1, 0.15) is 13.8 Å². The molecule has 18 heavy (non-hydrogen) atoms. The summed E-state index contributed by atoms with van der Waals surface area (Å²) in [6, 6.07) is 6.81. The molecular weight excluding hydrogens is 231 g/mol. The van der Waals surface area contributed by atoms with Crippen molar-refractivity contribution in [2.45, 2.75) is 19.9 Å². The highest BCUT2D eigenvalue weighted by molar-refractivity contribution is 5.48. The maximum absolute atomic E-state index is 13.9. The van der Waals surface area contributed by atoms with E-state index in [2.05, 4.69) is 19.2 Å². The minimum absolute atomic E-state index is 0.00798. The fourth-order valence-electron chi connectivity index (χ4n) is 2.40. The summed E-state index contributed by atoms with van der Waals surface area (Å²) in [6.45, 7) is 6.59. The molecule has 3 nitrogen and oxygen atoms in total. The first-order valence-corrected chi connectivity index (χ1v) is 6.35. The molecule has 2 rings (SSSR count). The van der Waals surface area contributed by atoms with Gasteiger partial charge in [-0.15, -0.1) is 0 Å². The van der Waals surface area contributed by atoms with Gasteiger partial charge in [-0.2, -0.15) is 0 Å². The Morgan fingerprint density at radius 2 is 2.17 bits per heavy atom. The zero-order valence-corrected chi connectivity index (χ0v) is 11.0. The third-order valence-electron chi connectivity index (χ3n) is 3.34. The van der Waals surface area contributed by atoms with Crippen molar-refractivity contribution in [3.05, 3.63) is 30.1 Å². The molecule has 1 heterocycles. The molecule has 1 unspecified atom stereocenters. The van der Waals surface area contributed by atoms with E-state index in [-0.39, 0.29) is 23.9 Å². The third-order valence-corrected chi connectivity index (χ3v) is 3.34. The molecule has 0 bridgehead atoms. The topological polar surface area (TPSA) is 35.5 Å². The Hall–Kier alpha value is -1.13. The molecule has 1 aliphatic rings. The molecule has 1 fully saturated rings. The number of para-hydroxylation sites is 1. The summed E-state index contributed by atoms with van der Waals surface area (Å²) in [5.41, 5.74) is 0.666. The number of nitrogens with one attached hydrogen (secondary N) is 1. The molecular formula is C14H21FN2O. The van der Waals surface area contributed by atoms with Gasteiger partial charge in [0.25, 0.3) is 0 Å². The summed E-state index contributed by atoms with van der Waals surface area (Å²) in [6.07, 6.45) is 0. The van der Waals surface area contributed by atoms with E-state index in [4.69, 9.17) is 0 Å². The van der Waals surface area contributed by atoms with Crippen LogP contribution in [0.25, 0.3) is 0 Å². The quantitative estimate of drug-likeness (QED) is 0.839. The average Bonchev–Trinajstić information content (AvgIpc) is 2.48. The molecule has 1 aromatic rings. The van der Waals surface area contributed by atoms with Crippen molar-refractivity contribution in [3.63, 3.8) is 0 Å². The van der Waals surface area contributed by atoms with Crippen LogP contribution in [0.3, 0.4) is 0 Å². The lowest BCUT2D eigenvalue weighted by molar-refractivity contribution is 0.242. The van der Waals surface area contributed by atoms with Gasteiger partial charge in [-0.3, -0.25) is 0 Å². The van der Waals surface area contributed by atoms with Gasteiger partial charge in [0.1, 0.15) is 5.82 Å². The van der Waals surface area contributed by atoms with E-state index in [0.717, 1.165) is 13.1 Å². The first-order chi connectivity index (χ1) is 8.52. The van der Waals surface area contributed by atoms with E-state index in [9.17, 15) is 9.50 Å². The van der Waals surface area contributed by atoms with Crippen molar-refractivity contribution >= 4 is 5.69 Å². The second kappa shape index (κ2) is 5.24. The number of aliphatic hydroxyl groups excluding tert-OH is 1. The van der Waals surface area contributed by atoms with Gasteiger partial charge in [0.2, 0.25) is 0 Å². The van der Waals surface area contributed by atoms with Gasteiger partial charge in [-0.05, 0) is 17.5 Å². The molecule has 0 aromatic heterocycles. The normalized spacial score (nSPS) is 23.8. The maximum atomic E-state index is 13.9. The van der Waals surface area contributed by atoms with Crippen LogP contribution in [0.15, 0.2) is 24.3 Å². The Bertz CT molecular complexity index is 409. The maximum Gasteiger partial charge on any atom is 0.146 e. The van der Waals surface area contributed by atoms with E-state index in [1.165, 1.54) is 6.07 Å². The average molecular weight is 252 g/mol.